The van der Waals surface area contributed by atoms with Gasteiger partial charge in [0, 0.05) is 6.07 Å². The first-order valence-corrected chi connectivity index (χ1v) is 3.94. The van der Waals surface area contributed by atoms with Crippen molar-refractivity contribution in [2.45, 2.75) is 0 Å². The second-order valence-corrected chi connectivity index (χ2v) is 2.47. The second-order valence-electron chi connectivity index (χ2n) is 2.47. The lowest BCUT2D eigenvalue weighted by molar-refractivity contribution is -0.410. The van der Waals surface area contributed by atoms with Crippen molar-refractivity contribution < 1.29 is 15.6 Å². The van der Waals surface area contributed by atoms with Crippen LogP contribution in [0.3, 0.4) is 0 Å². The van der Waals surface area contributed by atoms with Crippen LogP contribution in [-0.2, 0) is 0 Å². The van der Waals surface area contributed by atoms with E-state index in [1.807, 2.05) is 0 Å². The Morgan fingerprint density at radius 2 is 2.46 bits per heavy atom. The van der Waals surface area contributed by atoms with Crippen molar-refractivity contribution >= 4 is 11.5 Å². The van der Waals surface area contributed by atoms with Crippen molar-refractivity contribution in [2.75, 3.05) is 18.4 Å². The molecule has 0 saturated carbocycles. The molecule has 1 rings (SSSR count). The fraction of sp³-hybridized carbons (Fsp3) is 0.286. The van der Waals surface area contributed by atoms with Gasteiger partial charge in [0.2, 0.25) is 0 Å². The molecular weight excluding hydrogens is 172 g/mol. The lowest BCUT2D eigenvalue weighted by Gasteiger charge is -1.95. The number of anilines is 1. The molecular formula is C7H12N4O2+2. The number of hydrogen-bond donors (Lipinski definition) is 2. The van der Waals surface area contributed by atoms with Crippen molar-refractivity contribution in [2.24, 2.45) is 0 Å². The Hall–Kier alpha value is -1.69. The molecule has 0 atom stereocenters. The first-order chi connectivity index (χ1) is 6.25. The minimum Gasteiger partial charge on any atom is -0.354 e. The average molecular weight is 184 g/mol. The van der Waals surface area contributed by atoms with E-state index in [2.05, 4.69) is 16.0 Å². The smallest absolute Gasteiger partial charge is 0.354 e. The molecule has 0 spiro atoms. The zero-order valence-electron chi connectivity index (χ0n) is 7.12. The fourth-order valence-electron chi connectivity index (χ4n) is 0.935. The SMILES string of the molecule is [NH3+]CCNc1[nH+]cccc1[N+](=O)[O-]. The molecule has 0 fully saturated rings. The quantitative estimate of drug-likeness (QED) is 0.467. The minimum atomic E-state index is -0.429. The molecule has 13 heavy (non-hydrogen) atoms. The summed E-state index contributed by atoms with van der Waals surface area (Å²) in [6, 6.07) is 3.04. The van der Waals surface area contributed by atoms with Crippen LogP contribution in [0.5, 0.6) is 0 Å². The van der Waals surface area contributed by atoms with E-state index in [1.54, 1.807) is 12.3 Å². The Balaban J connectivity index is 2.84. The number of rotatable bonds is 4. The van der Waals surface area contributed by atoms with Crippen LogP contribution in [0.2, 0.25) is 0 Å². The summed E-state index contributed by atoms with van der Waals surface area (Å²) < 4.78 is 0. The molecule has 6 nitrogen and oxygen atoms in total. The Morgan fingerprint density at radius 1 is 1.69 bits per heavy atom. The highest BCUT2D eigenvalue weighted by Crippen LogP contribution is 2.16. The number of nitro groups is 1. The molecule has 70 valence electrons. The van der Waals surface area contributed by atoms with Crippen molar-refractivity contribution in [1.29, 1.82) is 0 Å². The van der Waals surface area contributed by atoms with E-state index in [4.69, 9.17) is 0 Å². The zero-order chi connectivity index (χ0) is 9.68. The maximum atomic E-state index is 10.5. The molecule has 5 N–H and O–H groups in total. The highest BCUT2D eigenvalue weighted by atomic mass is 16.6. The molecule has 1 aromatic heterocycles. The summed E-state index contributed by atoms with van der Waals surface area (Å²) >= 11 is 0. The number of aromatic nitrogens is 1. The molecule has 0 aliphatic heterocycles. The summed E-state index contributed by atoms with van der Waals surface area (Å²) in [5, 5.41) is 13.4. The van der Waals surface area contributed by atoms with E-state index in [9.17, 15) is 10.1 Å². The van der Waals surface area contributed by atoms with Gasteiger partial charge in [0.25, 0.3) is 0 Å². The van der Waals surface area contributed by atoms with Gasteiger partial charge >= 0.3 is 11.5 Å². The van der Waals surface area contributed by atoms with E-state index >= 15 is 0 Å². The summed E-state index contributed by atoms with van der Waals surface area (Å²) in [5.41, 5.74) is 3.68. The molecule has 0 unspecified atom stereocenters. The van der Waals surface area contributed by atoms with Crippen LogP contribution in [0, 0.1) is 10.1 Å². The van der Waals surface area contributed by atoms with Crippen molar-refractivity contribution in [3.05, 3.63) is 28.4 Å². The number of quaternary nitrogens is 1. The predicted octanol–water partition coefficient (Wildman–Crippen LogP) is -0.937. The number of nitrogens with one attached hydrogen (secondary N) is 2. The highest BCUT2D eigenvalue weighted by Gasteiger charge is 2.18. The van der Waals surface area contributed by atoms with E-state index in [1.165, 1.54) is 6.07 Å². The zero-order valence-corrected chi connectivity index (χ0v) is 7.12. The monoisotopic (exact) mass is 184 g/mol. The molecule has 0 bridgehead atoms. The van der Waals surface area contributed by atoms with Gasteiger partial charge in [-0.3, -0.25) is 15.4 Å². The van der Waals surface area contributed by atoms with Gasteiger partial charge in [-0.1, -0.05) is 0 Å². The largest absolute Gasteiger partial charge is 0.357 e. The normalized spacial score (nSPS) is 9.62. The molecule has 0 aliphatic rings. The molecule has 6 heteroatoms. The summed E-state index contributed by atoms with van der Waals surface area (Å²) in [6.07, 6.45) is 1.64. The number of pyridine rings is 1. The van der Waals surface area contributed by atoms with Crippen LogP contribution in [0.1, 0.15) is 0 Å². The summed E-state index contributed by atoms with van der Waals surface area (Å²) in [7, 11) is 0. The first kappa shape index (κ1) is 9.40. The predicted molar refractivity (Wildman–Crippen MR) is 45.9 cm³/mol. The van der Waals surface area contributed by atoms with Crippen LogP contribution in [0.15, 0.2) is 18.3 Å². The topological polar surface area (TPSA) is 97.0 Å². The standard InChI is InChI=1S/C7H10N4O2/c8-3-5-10-7-6(11(12)13)2-1-4-9-7/h1-2,4H,3,5,8H2,(H,9,10)/p+2. The van der Waals surface area contributed by atoms with Crippen LogP contribution >= 0.6 is 0 Å². The van der Waals surface area contributed by atoms with Gasteiger partial charge in [0.05, 0.1) is 11.1 Å². The Bertz CT molecular complexity index is 302. The third-order valence-electron chi connectivity index (χ3n) is 1.51. The number of hydrogen-bond acceptors (Lipinski definition) is 3. The fourth-order valence-corrected chi connectivity index (χ4v) is 0.935. The van der Waals surface area contributed by atoms with Gasteiger partial charge in [0.15, 0.2) is 0 Å². The summed E-state index contributed by atoms with van der Waals surface area (Å²) in [6.45, 7) is 1.29. The van der Waals surface area contributed by atoms with E-state index in [0.29, 0.717) is 18.9 Å². The summed E-state index contributed by atoms with van der Waals surface area (Å²) in [4.78, 5) is 12.9. The van der Waals surface area contributed by atoms with Gasteiger partial charge in [-0.2, -0.15) is 0 Å². The number of aromatic amines is 1. The lowest BCUT2D eigenvalue weighted by atomic mass is 10.4. The lowest BCUT2D eigenvalue weighted by Crippen LogP contribution is -2.53. The highest BCUT2D eigenvalue weighted by molar-refractivity contribution is 5.50. The molecule has 0 radical (unpaired) electrons. The Kier molecular flexibility index (Phi) is 3.15. The Morgan fingerprint density at radius 3 is 3.08 bits per heavy atom. The van der Waals surface area contributed by atoms with Gasteiger partial charge in [-0.25, -0.2) is 4.98 Å². The second kappa shape index (κ2) is 4.36. The maximum absolute atomic E-state index is 10.5. The third kappa shape index (κ3) is 2.38. The van der Waals surface area contributed by atoms with Crippen LogP contribution in [0.4, 0.5) is 11.5 Å². The van der Waals surface area contributed by atoms with E-state index in [-0.39, 0.29) is 5.69 Å². The molecule has 0 aromatic carbocycles. The van der Waals surface area contributed by atoms with Crippen LogP contribution < -0.4 is 16.0 Å². The first-order valence-electron chi connectivity index (χ1n) is 3.94. The minimum absolute atomic E-state index is 0.0518. The van der Waals surface area contributed by atoms with Crippen LogP contribution in [0.25, 0.3) is 0 Å². The van der Waals surface area contributed by atoms with Crippen molar-refractivity contribution in [3.63, 3.8) is 0 Å². The summed E-state index contributed by atoms with van der Waals surface area (Å²) in [5.74, 6) is 0.427. The van der Waals surface area contributed by atoms with Gasteiger partial charge < -0.3 is 5.73 Å². The van der Waals surface area contributed by atoms with Crippen molar-refractivity contribution in [1.82, 2.24) is 0 Å². The van der Waals surface area contributed by atoms with E-state index < -0.39 is 4.92 Å². The molecule has 1 heterocycles. The van der Waals surface area contributed by atoms with E-state index in [0.717, 1.165) is 0 Å². The van der Waals surface area contributed by atoms with Gasteiger partial charge in [-0.15, -0.1) is 0 Å². The van der Waals surface area contributed by atoms with Crippen LogP contribution in [-0.4, -0.2) is 18.0 Å². The van der Waals surface area contributed by atoms with Gasteiger partial charge in [-0.05, 0) is 6.07 Å². The molecule has 0 amide bonds. The van der Waals surface area contributed by atoms with Gasteiger partial charge in [0.1, 0.15) is 13.1 Å². The molecule has 0 saturated heterocycles. The Labute approximate surface area is 74.9 Å². The average Bonchev–Trinajstić information content (AvgIpc) is 2.15. The molecule has 0 aliphatic carbocycles. The third-order valence-corrected chi connectivity index (χ3v) is 1.51. The number of H-pyrrole nitrogens is 1. The molecule has 1 aromatic rings. The van der Waals surface area contributed by atoms with Crippen molar-refractivity contribution in [3.8, 4) is 0 Å². The number of nitrogens with zero attached hydrogens (tertiary/aromatic N) is 1. The maximum Gasteiger partial charge on any atom is 0.357 e.